The number of hydrogen-bond donors (Lipinski definition) is 2. The number of carbonyl (C=O) groups excluding carboxylic acids is 1. The summed E-state index contributed by atoms with van der Waals surface area (Å²) in [6.07, 6.45) is 0.555. The Labute approximate surface area is 143 Å². The fourth-order valence-electron chi connectivity index (χ4n) is 2.31. The van der Waals surface area contributed by atoms with Gasteiger partial charge in [0.05, 0.1) is 4.90 Å². The Morgan fingerprint density at radius 3 is 2.30 bits per heavy atom. The third-order valence-electron chi connectivity index (χ3n) is 3.63. The third-order valence-corrected chi connectivity index (χ3v) is 6.50. The molecule has 126 valence electrons. The van der Waals surface area contributed by atoms with Crippen molar-refractivity contribution in [2.45, 2.75) is 23.3 Å². The fraction of sp³-hybridized carbons (Fsp3) is 0.429. The van der Waals surface area contributed by atoms with Crippen molar-refractivity contribution in [3.63, 3.8) is 0 Å². The molecule has 6 nitrogen and oxygen atoms in total. The van der Waals surface area contributed by atoms with Gasteiger partial charge in [-0.25, -0.2) is 13.2 Å². The number of halogens is 1. The van der Waals surface area contributed by atoms with E-state index in [2.05, 4.69) is 5.32 Å². The van der Waals surface area contributed by atoms with Crippen LogP contribution in [0.5, 0.6) is 0 Å². The van der Waals surface area contributed by atoms with Crippen LogP contribution in [-0.4, -0.2) is 48.2 Å². The molecule has 1 fully saturated rings. The van der Waals surface area contributed by atoms with E-state index in [1.54, 1.807) is 11.8 Å². The maximum atomic E-state index is 12.2. The summed E-state index contributed by atoms with van der Waals surface area (Å²) in [6.45, 7) is 0. The topological polar surface area (TPSA) is 101 Å². The minimum Gasteiger partial charge on any atom is -0.480 e. The molecule has 1 heterocycles. The van der Waals surface area contributed by atoms with Gasteiger partial charge in [-0.1, -0.05) is 11.6 Å². The summed E-state index contributed by atoms with van der Waals surface area (Å²) < 4.78 is 24.4. The number of benzene rings is 1. The van der Waals surface area contributed by atoms with Crippen LogP contribution in [0.2, 0.25) is 5.02 Å². The molecule has 0 saturated carbocycles. The first-order chi connectivity index (χ1) is 10.8. The molecule has 0 aromatic heterocycles. The Balaban J connectivity index is 2.11. The van der Waals surface area contributed by atoms with Crippen molar-refractivity contribution in [1.29, 1.82) is 0 Å². The molecule has 0 spiro atoms. The quantitative estimate of drug-likeness (QED) is 0.808. The normalized spacial score (nSPS) is 17.4. The summed E-state index contributed by atoms with van der Waals surface area (Å²) >= 11 is 7.32. The Hall–Kier alpha value is -1.25. The van der Waals surface area contributed by atoms with Gasteiger partial charge in [-0.3, -0.25) is 4.79 Å². The minimum atomic E-state index is -3.85. The summed E-state index contributed by atoms with van der Waals surface area (Å²) in [5.74, 6) is -1.52. The van der Waals surface area contributed by atoms with Crippen LogP contribution in [-0.2, 0) is 19.4 Å². The first kappa shape index (κ1) is 18.1. The molecule has 23 heavy (non-hydrogen) atoms. The molecule has 0 unspecified atom stereocenters. The second kappa shape index (κ2) is 7.11. The number of thioether (sulfide) groups is 1. The first-order valence-electron chi connectivity index (χ1n) is 6.86. The molecule has 1 aliphatic rings. The zero-order valence-corrected chi connectivity index (χ0v) is 14.5. The Morgan fingerprint density at radius 1 is 1.22 bits per heavy atom. The van der Waals surface area contributed by atoms with Gasteiger partial charge in [0.1, 0.15) is 11.3 Å². The van der Waals surface area contributed by atoms with Crippen LogP contribution in [0.25, 0.3) is 0 Å². The second-order valence-electron chi connectivity index (χ2n) is 5.26. The molecule has 2 rings (SSSR count). The van der Waals surface area contributed by atoms with Gasteiger partial charge in [-0.15, -0.1) is 0 Å². The Kier molecular flexibility index (Phi) is 5.59. The van der Waals surface area contributed by atoms with E-state index in [-0.39, 0.29) is 17.7 Å². The van der Waals surface area contributed by atoms with Crippen molar-refractivity contribution < 1.29 is 23.1 Å². The van der Waals surface area contributed by atoms with E-state index in [1.807, 2.05) is 0 Å². The molecule has 0 aliphatic carbocycles. The summed E-state index contributed by atoms with van der Waals surface area (Å²) in [7, 11) is -3.85. The van der Waals surface area contributed by atoms with Crippen molar-refractivity contribution in [1.82, 2.24) is 5.32 Å². The number of rotatable bonds is 5. The second-order valence-corrected chi connectivity index (χ2v) is 8.91. The predicted molar refractivity (Wildman–Crippen MR) is 88.6 cm³/mol. The maximum Gasteiger partial charge on any atom is 0.329 e. The average Bonchev–Trinajstić information content (AvgIpc) is 2.47. The standard InChI is InChI=1S/C14H16ClNO5S2/c15-10-1-3-11(4-2-10)23(20,21)9-12(17)16-14(13(18)19)5-7-22-8-6-14/h1-4H,5-9H2,(H,16,17)(H,18,19). The molecule has 1 aromatic carbocycles. The first-order valence-corrected chi connectivity index (χ1v) is 10.0. The van der Waals surface area contributed by atoms with Gasteiger partial charge in [-0.2, -0.15) is 11.8 Å². The van der Waals surface area contributed by atoms with E-state index in [9.17, 15) is 23.1 Å². The van der Waals surface area contributed by atoms with Crippen LogP contribution in [0.1, 0.15) is 12.8 Å². The monoisotopic (exact) mass is 377 g/mol. The van der Waals surface area contributed by atoms with E-state index in [4.69, 9.17) is 11.6 Å². The summed E-state index contributed by atoms with van der Waals surface area (Å²) in [4.78, 5) is 23.6. The SMILES string of the molecule is O=C(CS(=O)(=O)c1ccc(Cl)cc1)NC1(C(=O)O)CCSCC1. The lowest BCUT2D eigenvalue weighted by atomic mass is 9.92. The highest BCUT2D eigenvalue weighted by molar-refractivity contribution is 7.99. The number of carbonyl (C=O) groups is 2. The molecule has 1 amide bonds. The van der Waals surface area contributed by atoms with Gasteiger partial charge in [0, 0.05) is 5.02 Å². The number of sulfone groups is 1. The van der Waals surface area contributed by atoms with E-state index in [0.29, 0.717) is 16.5 Å². The van der Waals surface area contributed by atoms with Gasteiger partial charge in [-0.05, 0) is 48.6 Å². The van der Waals surface area contributed by atoms with Crippen molar-refractivity contribution in [2.75, 3.05) is 17.3 Å². The van der Waals surface area contributed by atoms with Crippen molar-refractivity contribution >= 4 is 45.1 Å². The van der Waals surface area contributed by atoms with Gasteiger partial charge >= 0.3 is 5.97 Å². The van der Waals surface area contributed by atoms with Crippen LogP contribution < -0.4 is 5.32 Å². The molecule has 1 saturated heterocycles. The van der Waals surface area contributed by atoms with Crippen molar-refractivity contribution in [3.05, 3.63) is 29.3 Å². The number of aliphatic carboxylic acids is 1. The Morgan fingerprint density at radius 2 is 1.78 bits per heavy atom. The number of hydrogen-bond acceptors (Lipinski definition) is 5. The van der Waals surface area contributed by atoms with Crippen LogP contribution >= 0.6 is 23.4 Å². The van der Waals surface area contributed by atoms with Crippen LogP contribution in [0, 0.1) is 0 Å². The molecular formula is C14H16ClNO5S2. The lowest BCUT2D eigenvalue weighted by Crippen LogP contribution is -2.57. The molecule has 1 aliphatic heterocycles. The van der Waals surface area contributed by atoms with E-state index in [0.717, 1.165) is 0 Å². The van der Waals surface area contributed by atoms with Gasteiger partial charge < -0.3 is 10.4 Å². The van der Waals surface area contributed by atoms with E-state index < -0.39 is 33.0 Å². The predicted octanol–water partition coefficient (Wildman–Crippen LogP) is 1.58. The van der Waals surface area contributed by atoms with Gasteiger partial charge in [0.15, 0.2) is 9.84 Å². The molecule has 9 heteroatoms. The highest BCUT2D eigenvalue weighted by atomic mass is 35.5. The number of carboxylic acids is 1. The van der Waals surface area contributed by atoms with Crippen LogP contribution in [0.4, 0.5) is 0 Å². The molecule has 0 atom stereocenters. The largest absolute Gasteiger partial charge is 0.480 e. The summed E-state index contributed by atoms with van der Waals surface area (Å²) in [5.41, 5.74) is -1.38. The van der Waals surface area contributed by atoms with Crippen LogP contribution in [0.15, 0.2) is 29.2 Å². The highest BCUT2D eigenvalue weighted by Gasteiger charge is 2.41. The molecular weight excluding hydrogens is 362 g/mol. The minimum absolute atomic E-state index is 0.0272. The zero-order chi connectivity index (χ0) is 17.1. The van der Waals surface area contributed by atoms with E-state index >= 15 is 0 Å². The summed E-state index contributed by atoms with van der Waals surface area (Å²) in [6, 6.07) is 5.47. The molecule has 0 radical (unpaired) electrons. The highest BCUT2D eigenvalue weighted by Crippen LogP contribution is 2.27. The summed E-state index contributed by atoms with van der Waals surface area (Å²) in [5, 5.41) is 12.2. The molecule has 0 bridgehead atoms. The number of amides is 1. The lowest BCUT2D eigenvalue weighted by Gasteiger charge is -2.33. The van der Waals surface area contributed by atoms with Crippen molar-refractivity contribution in [2.24, 2.45) is 0 Å². The van der Waals surface area contributed by atoms with Crippen molar-refractivity contribution in [3.8, 4) is 0 Å². The number of carboxylic acid groups (broad SMARTS) is 1. The fourth-order valence-corrected chi connectivity index (χ4v) is 4.76. The molecule has 1 aromatic rings. The van der Waals surface area contributed by atoms with Crippen LogP contribution in [0.3, 0.4) is 0 Å². The van der Waals surface area contributed by atoms with E-state index in [1.165, 1.54) is 24.3 Å². The van der Waals surface area contributed by atoms with Gasteiger partial charge in [0.25, 0.3) is 0 Å². The lowest BCUT2D eigenvalue weighted by molar-refractivity contribution is -0.147. The number of nitrogens with one attached hydrogen (secondary N) is 1. The Bertz CT molecular complexity index is 696. The average molecular weight is 378 g/mol. The zero-order valence-electron chi connectivity index (χ0n) is 12.1. The molecule has 2 N–H and O–H groups in total. The smallest absolute Gasteiger partial charge is 0.329 e. The third kappa shape index (κ3) is 4.39. The van der Waals surface area contributed by atoms with Gasteiger partial charge in [0.2, 0.25) is 5.91 Å². The maximum absolute atomic E-state index is 12.2.